The number of hydrogen-bond donors (Lipinski definition) is 1. The molecule has 2 aromatic carbocycles. The molecular weight excluding hydrogens is 522 g/mol. The number of amides is 1. The van der Waals surface area contributed by atoms with Gasteiger partial charge in [-0.3, -0.25) is 9.59 Å². The molecule has 41 heavy (non-hydrogen) atoms. The van der Waals surface area contributed by atoms with E-state index in [9.17, 15) is 14.7 Å². The first-order valence-electron chi connectivity index (χ1n) is 14.3. The zero-order valence-electron chi connectivity index (χ0n) is 24.0. The molecule has 2 heterocycles. The third-order valence-electron chi connectivity index (χ3n) is 6.85. The van der Waals surface area contributed by atoms with Crippen LogP contribution in [0.4, 0.5) is 0 Å². The fourth-order valence-corrected chi connectivity index (χ4v) is 4.79. The highest BCUT2D eigenvalue weighted by atomic mass is 16.5. The molecule has 0 bridgehead atoms. The average molecular weight is 562 g/mol. The van der Waals surface area contributed by atoms with Gasteiger partial charge in [-0.2, -0.15) is 0 Å². The molecule has 4 rings (SSSR count). The highest BCUT2D eigenvalue weighted by Gasteiger charge is 2.46. The molecule has 0 spiro atoms. The van der Waals surface area contributed by atoms with Crippen molar-refractivity contribution in [1.82, 2.24) is 14.5 Å². The molecule has 1 fully saturated rings. The summed E-state index contributed by atoms with van der Waals surface area (Å²) in [5.41, 5.74) is 1.13. The SMILES string of the molecule is CCCCOc1ccc(C2C(=C(O)c3ccc(OCCC)cc3)C(=O)C(=O)N2CCCn2ccnc2)cc1OCC. The Morgan fingerprint density at radius 2 is 1.71 bits per heavy atom. The average Bonchev–Trinajstić information content (AvgIpc) is 3.59. The summed E-state index contributed by atoms with van der Waals surface area (Å²) in [6, 6.07) is 11.5. The Kier molecular flexibility index (Phi) is 10.4. The van der Waals surface area contributed by atoms with Crippen LogP contribution >= 0.6 is 0 Å². The summed E-state index contributed by atoms with van der Waals surface area (Å²) in [7, 11) is 0. The van der Waals surface area contributed by atoms with E-state index in [4.69, 9.17) is 14.2 Å². The normalized spacial score (nSPS) is 16.3. The van der Waals surface area contributed by atoms with Crippen molar-refractivity contribution in [2.75, 3.05) is 26.4 Å². The summed E-state index contributed by atoms with van der Waals surface area (Å²) in [6.07, 6.45) is 8.65. The lowest BCUT2D eigenvalue weighted by molar-refractivity contribution is -0.139. The monoisotopic (exact) mass is 561 g/mol. The number of carbonyl (C=O) groups excluding carboxylic acids is 2. The van der Waals surface area contributed by atoms with Gasteiger partial charge in [0.2, 0.25) is 0 Å². The second-order valence-corrected chi connectivity index (χ2v) is 9.86. The summed E-state index contributed by atoms with van der Waals surface area (Å²) in [4.78, 5) is 32.5. The van der Waals surface area contributed by atoms with Crippen LogP contribution in [-0.2, 0) is 16.1 Å². The Bertz CT molecular complexity index is 1330. The summed E-state index contributed by atoms with van der Waals surface area (Å²) >= 11 is 0. The van der Waals surface area contributed by atoms with Crippen molar-refractivity contribution in [1.29, 1.82) is 0 Å². The number of likely N-dealkylation sites (tertiary alicyclic amines) is 1. The van der Waals surface area contributed by atoms with Gasteiger partial charge < -0.3 is 28.8 Å². The molecule has 9 heteroatoms. The topological polar surface area (TPSA) is 103 Å². The van der Waals surface area contributed by atoms with Gasteiger partial charge in [0.25, 0.3) is 11.7 Å². The molecule has 0 radical (unpaired) electrons. The van der Waals surface area contributed by atoms with Crippen molar-refractivity contribution in [2.24, 2.45) is 0 Å². The quantitative estimate of drug-likeness (QED) is 0.109. The second-order valence-electron chi connectivity index (χ2n) is 9.86. The number of aliphatic hydroxyl groups is 1. The van der Waals surface area contributed by atoms with E-state index in [2.05, 4.69) is 11.9 Å². The number of ether oxygens (including phenoxy) is 3. The van der Waals surface area contributed by atoms with Gasteiger partial charge in [0, 0.05) is 31.0 Å². The fraction of sp³-hybridized carbons (Fsp3) is 0.406. The Labute approximate surface area is 241 Å². The molecule has 218 valence electrons. The number of Topliss-reactive ketones (excluding diaryl/α,β-unsaturated/α-hetero) is 1. The summed E-state index contributed by atoms with van der Waals surface area (Å²) < 4.78 is 19.4. The minimum absolute atomic E-state index is 0.0435. The van der Waals surface area contributed by atoms with Crippen LogP contribution in [0.25, 0.3) is 5.76 Å². The number of aliphatic hydroxyl groups excluding tert-OH is 1. The van der Waals surface area contributed by atoms with Gasteiger partial charge in [-0.15, -0.1) is 0 Å². The van der Waals surface area contributed by atoms with Crippen molar-refractivity contribution < 1.29 is 28.9 Å². The summed E-state index contributed by atoms with van der Waals surface area (Å²) in [6.45, 7) is 8.50. The third-order valence-corrected chi connectivity index (χ3v) is 6.85. The molecule has 0 saturated carbocycles. The number of aryl methyl sites for hydroxylation is 1. The molecule has 1 atom stereocenters. The van der Waals surface area contributed by atoms with Gasteiger partial charge in [0.15, 0.2) is 11.5 Å². The number of benzene rings is 2. The highest BCUT2D eigenvalue weighted by molar-refractivity contribution is 6.46. The molecule has 1 saturated heterocycles. The van der Waals surface area contributed by atoms with E-state index in [0.717, 1.165) is 19.3 Å². The lowest BCUT2D eigenvalue weighted by Crippen LogP contribution is -2.31. The smallest absolute Gasteiger partial charge is 0.295 e. The number of aromatic nitrogens is 2. The molecule has 1 unspecified atom stereocenters. The molecular formula is C32H39N3O6. The summed E-state index contributed by atoms with van der Waals surface area (Å²) in [5, 5.41) is 11.4. The zero-order valence-corrected chi connectivity index (χ0v) is 24.0. The van der Waals surface area contributed by atoms with Crippen molar-refractivity contribution in [3.63, 3.8) is 0 Å². The Morgan fingerprint density at radius 1 is 0.902 bits per heavy atom. The maximum absolute atomic E-state index is 13.5. The molecule has 1 amide bonds. The summed E-state index contributed by atoms with van der Waals surface area (Å²) in [5.74, 6) is 0.203. The van der Waals surface area contributed by atoms with Gasteiger partial charge in [0.05, 0.1) is 37.8 Å². The number of imidazole rings is 1. The van der Waals surface area contributed by atoms with E-state index >= 15 is 0 Å². The van der Waals surface area contributed by atoms with Gasteiger partial charge >= 0.3 is 0 Å². The minimum atomic E-state index is -0.794. The van der Waals surface area contributed by atoms with Crippen LogP contribution in [0, 0.1) is 0 Å². The maximum Gasteiger partial charge on any atom is 0.295 e. The first-order chi connectivity index (χ1) is 20.0. The zero-order chi connectivity index (χ0) is 29.2. The van der Waals surface area contributed by atoms with Crippen LogP contribution in [0.2, 0.25) is 0 Å². The largest absolute Gasteiger partial charge is 0.507 e. The van der Waals surface area contributed by atoms with Crippen LogP contribution in [0.5, 0.6) is 17.2 Å². The predicted octanol–water partition coefficient (Wildman–Crippen LogP) is 5.76. The second kappa shape index (κ2) is 14.4. The number of nitrogens with zero attached hydrogens (tertiary/aromatic N) is 3. The van der Waals surface area contributed by atoms with Crippen molar-refractivity contribution in [2.45, 2.75) is 59.0 Å². The standard InChI is InChI=1S/C32H39N3O6/c1-4-7-20-41-26-14-11-24(21-27(26)39-6-3)29-28(30(36)23-9-12-25(13-10-23)40-19-5-2)31(37)32(38)35(29)17-8-16-34-18-15-33-22-34/h9-15,18,21-22,29,36H,4-8,16-17,19-20H2,1-3H3. The lowest BCUT2D eigenvalue weighted by atomic mass is 9.95. The predicted molar refractivity (Wildman–Crippen MR) is 156 cm³/mol. The molecule has 1 aliphatic rings. The van der Waals surface area contributed by atoms with Crippen molar-refractivity contribution >= 4 is 17.4 Å². The van der Waals surface area contributed by atoms with E-state index in [0.29, 0.717) is 67.7 Å². The number of ketones is 1. The van der Waals surface area contributed by atoms with Crippen molar-refractivity contribution in [3.05, 3.63) is 77.9 Å². The van der Waals surface area contributed by atoms with Crippen LogP contribution in [0.3, 0.4) is 0 Å². The maximum atomic E-state index is 13.5. The number of rotatable bonds is 15. The van der Waals surface area contributed by atoms with E-state index in [-0.39, 0.29) is 11.3 Å². The van der Waals surface area contributed by atoms with E-state index in [1.54, 1.807) is 42.9 Å². The molecule has 9 nitrogen and oxygen atoms in total. The first kappa shape index (κ1) is 29.7. The minimum Gasteiger partial charge on any atom is -0.507 e. The highest BCUT2D eigenvalue weighted by Crippen LogP contribution is 2.42. The first-order valence-corrected chi connectivity index (χ1v) is 14.3. The van der Waals surface area contributed by atoms with Crippen LogP contribution in [0.15, 0.2) is 66.8 Å². The third kappa shape index (κ3) is 7.09. The Balaban J connectivity index is 1.73. The molecule has 0 aliphatic carbocycles. The molecule has 3 aromatic rings. The number of hydrogen-bond acceptors (Lipinski definition) is 7. The number of carbonyl (C=O) groups is 2. The van der Waals surface area contributed by atoms with Gasteiger partial charge in [-0.1, -0.05) is 26.3 Å². The van der Waals surface area contributed by atoms with Crippen molar-refractivity contribution in [3.8, 4) is 17.2 Å². The van der Waals surface area contributed by atoms with Crippen LogP contribution < -0.4 is 14.2 Å². The van der Waals surface area contributed by atoms with Gasteiger partial charge in [0.1, 0.15) is 11.5 Å². The van der Waals surface area contributed by atoms with E-state index in [1.165, 1.54) is 4.90 Å². The molecule has 1 aliphatic heterocycles. The Hall–Kier alpha value is -4.27. The van der Waals surface area contributed by atoms with E-state index < -0.39 is 17.7 Å². The van der Waals surface area contributed by atoms with E-state index in [1.807, 2.05) is 36.7 Å². The lowest BCUT2D eigenvalue weighted by Gasteiger charge is -2.26. The molecule has 1 aromatic heterocycles. The van der Waals surface area contributed by atoms with Gasteiger partial charge in [-0.25, -0.2) is 4.98 Å². The molecule has 1 N–H and O–H groups in total. The van der Waals surface area contributed by atoms with Gasteiger partial charge in [-0.05, 0) is 68.1 Å². The van der Waals surface area contributed by atoms with Crippen LogP contribution in [-0.4, -0.2) is 57.6 Å². The Morgan fingerprint density at radius 3 is 2.39 bits per heavy atom. The van der Waals surface area contributed by atoms with Crippen LogP contribution in [0.1, 0.15) is 63.6 Å². The number of unbranched alkanes of at least 4 members (excludes halogenated alkanes) is 1. The fourth-order valence-electron chi connectivity index (χ4n) is 4.79.